The Morgan fingerprint density at radius 3 is 2.38 bits per heavy atom. The third-order valence-corrected chi connectivity index (χ3v) is 0.813. The molecule has 0 saturated heterocycles. The first-order valence-corrected chi connectivity index (χ1v) is 2.27. The Kier molecular flexibility index (Phi) is 3.49. The SMILES string of the molecule is Cc1ccccn1.[Mn]. The molecule has 0 unspecified atom stereocenters. The summed E-state index contributed by atoms with van der Waals surface area (Å²) in [5, 5.41) is 0. The number of nitrogens with zero attached hydrogens (tertiary/aromatic N) is 1. The second kappa shape index (κ2) is 3.64. The van der Waals surface area contributed by atoms with Crippen molar-refractivity contribution in [1.82, 2.24) is 4.98 Å². The van der Waals surface area contributed by atoms with E-state index in [1.165, 1.54) is 0 Å². The summed E-state index contributed by atoms with van der Waals surface area (Å²) in [5.74, 6) is 0. The predicted molar refractivity (Wildman–Crippen MR) is 29.0 cm³/mol. The first-order chi connectivity index (χ1) is 3.39. The van der Waals surface area contributed by atoms with Crippen LogP contribution in [0.5, 0.6) is 0 Å². The molecule has 43 valence electrons. The van der Waals surface area contributed by atoms with Crippen LogP contribution in [0.3, 0.4) is 0 Å². The monoisotopic (exact) mass is 148 g/mol. The first kappa shape index (κ1) is 7.67. The molecule has 2 heteroatoms. The van der Waals surface area contributed by atoms with Crippen molar-refractivity contribution in [2.24, 2.45) is 0 Å². The number of hydrogen-bond donors (Lipinski definition) is 0. The van der Waals surface area contributed by atoms with Crippen LogP contribution < -0.4 is 0 Å². The molecule has 0 spiro atoms. The summed E-state index contributed by atoms with van der Waals surface area (Å²) in [4.78, 5) is 3.98. The molecule has 0 amide bonds. The van der Waals surface area contributed by atoms with Crippen molar-refractivity contribution in [1.29, 1.82) is 0 Å². The van der Waals surface area contributed by atoms with Gasteiger partial charge >= 0.3 is 0 Å². The van der Waals surface area contributed by atoms with Gasteiger partial charge < -0.3 is 0 Å². The van der Waals surface area contributed by atoms with Crippen molar-refractivity contribution < 1.29 is 17.1 Å². The molecule has 0 aliphatic heterocycles. The summed E-state index contributed by atoms with van der Waals surface area (Å²) in [7, 11) is 0. The van der Waals surface area contributed by atoms with Gasteiger partial charge in [-0.1, -0.05) is 6.07 Å². The van der Waals surface area contributed by atoms with E-state index < -0.39 is 0 Å². The van der Waals surface area contributed by atoms with Crippen molar-refractivity contribution >= 4 is 0 Å². The standard InChI is InChI=1S/C6H7N.Mn/c1-6-4-2-3-5-7-6;/h2-5H,1H3;. The number of hydrogen-bond acceptors (Lipinski definition) is 1. The van der Waals surface area contributed by atoms with Gasteiger partial charge in [0.15, 0.2) is 0 Å². The zero-order chi connectivity index (χ0) is 5.11. The van der Waals surface area contributed by atoms with Crippen LogP contribution in [0.25, 0.3) is 0 Å². The molecular weight excluding hydrogens is 141 g/mol. The van der Waals surface area contributed by atoms with Gasteiger partial charge in [-0.2, -0.15) is 0 Å². The van der Waals surface area contributed by atoms with Crippen LogP contribution in [-0.4, -0.2) is 4.98 Å². The Labute approximate surface area is 59.6 Å². The summed E-state index contributed by atoms with van der Waals surface area (Å²) in [6.07, 6.45) is 1.79. The van der Waals surface area contributed by atoms with Crippen LogP contribution in [0, 0.1) is 6.92 Å². The smallest absolute Gasteiger partial charge is 0.0372 e. The van der Waals surface area contributed by atoms with Gasteiger partial charge in [-0.15, -0.1) is 0 Å². The molecule has 0 aliphatic rings. The minimum atomic E-state index is 0. The summed E-state index contributed by atoms with van der Waals surface area (Å²) in [6, 6.07) is 5.86. The number of aryl methyl sites for hydroxylation is 1. The van der Waals surface area contributed by atoms with E-state index in [1.807, 2.05) is 25.1 Å². The van der Waals surface area contributed by atoms with E-state index in [0.717, 1.165) is 5.69 Å². The van der Waals surface area contributed by atoms with E-state index in [9.17, 15) is 0 Å². The summed E-state index contributed by atoms with van der Waals surface area (Å²) < 4.78 is 0. The maximum Gasteiger partial charge on any atom is 0.0372 e. The molecule has 0 atom stereocenters. The van der Waals surface area contributed by atoms with Gasteiger partial charge in [0.05, 0.1) is 0 Å². The largest absolute Gasteiger partial charge is 0.262 e. The Hall–Kier alpha value is -0.331. The minimum Gasteiger partial charge on any atom is -0.262 e. The normalized spacial score (nSPS) is 7.62. The molecule has 1 radical (unpaired) electrons. The van der Waals surface area contributed by atoms with Crippen LogP contribution in [0.15, 0.2) is 24.4 Å². The van der Waals surface area contributed by atoms with Crippen molar-refractivity contribution in [2.45, 2.75) is 6.92 Å². The molecule has 1 rings (SSSR count). The second-order valence-corrected chi connectivity index (χ2v) is 1.47. The van der Waals surface area contributed by atoms with E-state index in [4.69, 9.17) is 0 Å². The maximum atomic E-state index is 3.98. The minimum absolute atomic E-state index is 0. The average Bonchev–Trinajstić information content (AvgIpc) is 1.69. The maximum absolute atomic E-state index is 3.98. The molecule has 0 aromatic carbocycles. The van der Waals surface area contributed by atoms with E-state index >= 15 is 0 Å². The van der Waals surface area contributed by atoms with Crippen LogP contribution in [0.1, 0.15) is 5.69 Å². The molecule has 1 heterocycles. The van der Waals surface area contributed by atoms with Gasteiger partial charge in [-0.3, -0.25) is 4.98 Å². The fourth-order valence-electron chi connectivity index (χ4n) is 0.448. The Balaban J connectivity index is 0.000000490. The topological polar surface area (TPSA) is 12.9 Å². The van der Waals surface area contributed by atoms with Crippen LogP contribution in [-0.2, 0) is 17.1 Å². The summed E-state index contributed by atoms with van der Waals surface area (Å²) >= 11 is 0. The number of rotatable bonds is 0. The molecule has 0 saturated carbocycles. The van der Waals surface area contributed by atoms with Gasteiger partial charge in [-0.05, 0) is 19.1 Å². The van der Waals surface area contributed by atoms with Crippen molar-refractivity contribution in [3.63, 3.8) is 0 Å². The number of pyridine rings is 1. The Morgan fingerprint density at radius 1 is 1.38 bits per heavy atom. The second-order valence-electron chi connectivity index (χ2n) is 1.47. The van der Waals surface area contributed by atoms with Crippen LogP contribution >= 0.6 is 0 Å². The molecule has 1 nitrogen and oxygen atoms in total. The van der Waals surface area contributed by atoms with E-state index in [-0.39, 0.29) is 17.1 Å². The average molecular weight is 148 g/mol. The van der Waals surface area contributed by atoms with Gasteiger partial charge in [0, 0.05) is 29.0 Å². The number of aromatic nitrogens is 1. The molecule has 0 aliphatic carbocycles. The van der Waals surface area contributed by atoms with Gasteiger partial charge in [0.25, 0.3) is 0 Å². The molecular formula is C6H7MnN. The van der Waals surface area contributed by atoms with Crippen molar-refractivity contribution in [2.75, 3.05) is 0 Å². The predicted octanol–water partition coefficient (Wildman–Crippen LogP) is 1.39. The van der Waals surface area contributed by atoms with Crippen molar-refractivity contribution in [3.8, 4) is 0 Å². The van der Waals surface area contributed by atoms with Crippen LogP contribution in [0.2, 0.25) is 0 Å². The Bertz CT molecular complexity index is 138. The van der Waals surface area contributed by atoms with E-state index in [0.29, 0.717) is 0 Å². The Morgan fingerprint density at radius 2 is 2.12 bits per heavy atom. The third-order valence-electron chi connectivity index (χ3n) is 0.813. The summed E-state index contributed by atoms with van der Waals surface area (Å²) in [6.45, 7) is 1.97. The summed E-state index contributed by atoms with van der Waals surface area (Å²) in [5.41, 5.74) is 1.07. The third kappa shape index (κ3) is 2.10. The molecule has 0 bridgehead atoms. The zero-order valence-electron chi connectivity index (χ0n) is 4.63. The van der Waals surface area contributed by atoms with Gasteiger partial charge in [0.1, 0.15) is 0 Å². The zero-order valence-corrected chi connectivity index (χ0v) is 5.82. The quantitative estimate of drug-likeness (QED) is 0.506. The molecule has 1 aromatic heterocycles. The molecule has 8 heavy (non-hydrogen) atoms. The molecule has 0 N–H and O–H groups in total. The van der Waals surface area contributed by atoms with Crippen LogP contribution in [0.4, 0.5) is 0 Å². The van der Waals surface area contributed by atoms with Gasteiger partial charge in [-0.25, -0.2) is 0 Å². The van der Waals surface area contributed by atoms with Crippen molar-refractivity contribution in [3.05, 3.63) is 30.1 Å². The fraction of sp³-hybridized carbons (Fsp3) is 0.167. The fourth-order valence-corrected chi connectivity index (χ4v) is 0.448. The van der Waals surface area contributed by atoms with Gasteiger partial charge in [0.2, 0.25) is 0 Å². The van der Waals surface area contributed by atoms with E-state index in [2.05, 4.69) is 4.98 Å². The molecule has 0 fully saturated rings. The first-order valence-electron chi connectivity index (χ1n) is 2.27. The van der Waals surface area contributed by atoms with E-state index in [1.54, 1.807) is 6.20 Å². The molecule has 1 aromatic rings.